The van der Waals surface area contributed by atoms with Crippen LogP contribution in [0.2, 0.25) is 5.02 Å². The van der Waals surface area contributed by atoms with Gasteiger partial charge in [-0.2, -0.15) is 5.26 Å². The molecule has 0 saturated carbocycles. The molecule has 6 heteroatoms. The number of allylic oxidation sites excluding steroid dienone is 1. The lowest BCUT2D eigenvalue weighted by molar-refractivity contribution is -0.384. The van der Waals surface area contributed by atoms with E-state index in [0.29, 0.717) is 16.2 Å². The molecule has 1 heterocycles. The Morgan fingerprint density at radius 2 is 1.78 bits per heavy atom. The van der Waals surface area contributed by atoms with Crippen molar-refractivity contribution < 1.29 is 4.92 Å². The average molecular weight is 378 g/mol. The fourth-order valence-electron chi connectivity index (χ4n) is 3.02. The van der Waals surface area contributed by atoms with E-state index in [1.54, 1.807) is 18.2 Å². The second-order valence-corrected chi connectivity index (χ2v) is 6.55. The molecule has 0 unspecified atom stereocenters. The maximum Gasteiger partial charge on any atom is 0.269 e. The minimum atomic E-state index is -0.459. The van der Waals surface area contributed by atoms with E-state index in [2.05, 4.69) is 10.6 Å². The van der Waals surface area contributed by atoms with Crippen LogP contribution in [0, 0.1) is 35.3 Å². The standard InChI is InChI=1S/C21H16ClN3O2/c1-14-11-17(15(2)24(14)20-9-5-19(22)6-10-20)12-18(13-23)16-3-7-21(8-4-16)25(26)27/h3-12H,1-2H3/b18-12+. The summed E-state index contributed by atoms with van der Waals surface area (Å²) in [5.74, 6) is 0. The van der Waals surface area contributed by atoms with Crippen LogP contribution < -0.4 is 0 Å². The normalized spacial score (nSPS) is 11.3. The van der Waals surface area contributed by atoms with Gasteiger partial charge in [0.2, 0.25) is 0 Å². The van der Waals surface area contributed by atoms with Crippen molar-refractivity contribution in [3.8, 4) is 11.8 Å². The molecule has 0 saturated heterocycles. The molecule has 0 spiro atoms. The number of nitriles is 1. The van der Waals surface area contributed by atoms with Crippen molar-refractivity contribution in [3.63, 3.8) is 0 Å². The first-order valence-electron chi connectivity index (χ1n) is 8.22. The highest BCUT2D eigenvalue weighted by molar-refractivity contribution is 6.30. The van der Waals surface area contributed by atoms with Gasteiger partial charge in [-0.25, -0.2) is 0 Å². The van der Waals surface area contributed by atoms with E-state index in [0.717, 1.165) is 22.6 Å². The second-order valence-electron chi connectivity index (χ2n) is 6.11. The monoisotopic (exact) mass is 377 g/mol. The van der Waals surface area contributed by atoms with Crippen LogP contribution in [0.25, 0.3) is 17.3 Å². The molecule has 1 aromatic heterocycles. The number of nitrogens with zero attached hydrogens (tertiary/aromatic N) is 3. The SMILES string of the molecule is Cc1cc(/C=C(\C#N)c2ccc([N+](=O)[O-])cc2)c(C)n1-c1ccc(Cl)cc1. The molecule has 2 aromatic carbocycles. The Morgan fingerprint density at radius 1 is 1.15 bits per heavy atom. The molecule has 0 N–H and O–H groups in total. The van der Waals surface area contributed by atoms with Gasteiger partial charge in [0, 0.05) is 34.2 Å². The zero-order valence-corrected chi connectivity index (χ0v) is 15.6. The topological polar surface area (TPSA) is 71.9 Å². The Hall–Kier alpha value is -3.36. The first-order valence-corrected chi connectivity index (χ1v) is 8.60. The molecule has 3 rings (SSSR count). The first kappa shape index (κ1) is 18.4. The lowest BCUT2D eigenvalue weighted by Crippen LogP contribution is -1.98. The molecular weight excluding hydrogens is 362 g/mol. The number of hydrogen-bond acceptors (Lipinski definition) is 3. The molecule has 134 valence electrons. The maximum atomic E-state index is 10.8. The van der Waals surface area contributed by atoms with Crippen LogP contribution in [0.1, 0.15) is 22.5 Å². The number of halogens is 1. The summed E-state index contributed by atoms with van der Waals surface area (Å²) in [5, 5.41) is 21.0. The van der Waals surface area contributed by atoms with Gasteiger partial charge in [0.05, 0.1) is 16.6 Å². The van der Waals surface area contributed by atoms with Gasteiger partial charge < -0.3 is 4.57 Å². The molecule has 5 nitrogen and oxygen atoms in total. The van der Waals surface area contributed by atoms with Gasteiger partial charge in [-0.1, -0.05) is 11.6 Å². The summed E-state index contributed by atoms with van der Waals surface area (Å²) >= 11 is 5.97. The Labute approximate surface area is 161 Å². The number of benzene rings is 2. The minimum Gasteiger partial charge on any atom is -0.318 e. The van der Waals surface area contributed by atoms with E-state index in [9.17, 15) is 15.4 Å². The number of hydrogen-bond donors (Lipinski definition) is 0. The van der Waals surface area contributed by atoms with E-state index < -0.39 is 4.92 Å². The number of nitro benzene ring substituents is 1. The molecule has 0 aliphatic rings. The van der Waals surface area contributed by atoms with Gasteiger partial charge in [0.1, 0.15) is 0 Å². The van der Waals surface area contributed by atoms with Gasteiger partial charge in [-0.15, -0.1) is 0 Å². The van der Waals surface area contributed by atoms with E-state index in [-0.39, 0.29) is 5.69 Å². The van der Waals surface area contributed by atoms with Crippen LogP contribution in [0.5, 0.6) is 0 Å². The third-order valence-corrected chi connectivity index (χ3v) is 4.62. The van der Waals surface area contributed by atoms with Crippen molar-refractivity contribution in [2.24, 2.45) is 0 Å². The number of aryl methyl sites for hydroxylation is 1. The molecule has 0 bridgehead atoms. The summed E-state index contributed by atoms with van der Waals surface area (Å²) in [6.07, 6.45) is 1.80. The van der Waals surface area contributed by atoms with E-state index in [4.69, 9.17) is 11.6 Å². The molecule has 3 aromatic rings. The molecule has 0 radical (unpaired) electrons. The quantitative estimate of drug-likeness (QED) is 0.331. The van der Waals surface area contributed by atoms with Gasteiger partial charge in [0.15, 0.2) is 0 Å². The van der Waals surface area contributed by atoms with Gasteiger partial charge in [-0.05, 0) is 73.5 Å². The smallest absolute Gasteiger partial charge is 0.269 e. The van der Waals surface area contributed by atoms with Crippen molar-refractivity contribution in [2.45, 2.75) is 13.8 Å². The summed E-state index contributed by atoms with van der Waals surface area (Å²) in [7, 11) is 0. The number of rotatable bonds is 4. The fraction of sp³-hybridized carbons (Fsp3) is 0.0952. The zero-order chi connectivity index (χ0) is 19.6. The van der Waals surface area contributed by atoms with Crippen molar-refractivity contribution in [1.82, 2.24) is 4.57 Å². The van der Waals surface area contributed by atoms with E-state index in [1.807, 2.05) is 44.2 Å². The lowest BCUT2D eigenvalue weighted by atomic mass is 10.0. The molecule has 0 atom stereocenters. The Morgan fingerprint density at radius 3 is 2.33 bits per heavy atom. The second kappa shape index (κ2) is 7.48. The predicted molar refractivity (Wildman–Crippen MR) is 107 cm³/mol. The molecule has 0 amide bonds. The van der Waals surface area contributed by atoms with Crippen LogP contribution in [0.3, 0.4) is 0 Å². The first-order chi connectivity index (χ1) is 12.9. The number of non-ortho nitro benzene ring substituents is 1. The highest BCUT2D eigenvalue weighted by Crippen LogP contribution is 2.26. The number of nitro groups is 1. The molecule has 0 fully saturated rings. The summed E-state index contributed by atoms with van der Waals surface area (Å²) in [6, 6.07) is 17.7. The highest BCUT2D eigenvalue weighted by atomic mass is 35.5. The van der Waals surface area contributed by atoms with E-state index in [1.165, 1.54) is 12.1 Å². The van der Waals surface area contributed by atoms with Crippen molar-refractivity contribution in [1.29, 1.82) is 5.26 Å². The third kappa shape index (κ3) is 3.76. The van der Waals surface area contributed by atoms with Gasteiger partial charge >= 0.3 is 0 Å². The molecule has 0 aliphatic heterocycles. The number of aromatic nitrogens is 1. The summed E-state index contributed by atoms with van der Waals surface area (Å²) in [5.41, 5.74) is 5.00. The summed E-state index contributed by atoms with van der Waals surface area (Å²) in [6.45, 7) is 3.98. The Kier molecular flexibility index (Phi) is 5.11. The average Bonchev–Trinajstić information content (AvgIpc) is 2.94. The van der Waals surface area contributed by atoms with Crippen LogP contribution >= 0.6 is 11.6 Å². The third-order valence-electron chi connectivity index (χ3n) is 4.36. The fourth-order valence-corrected chi connectivity index (χ4v) is 3.15. The van der Waals surface area contributed by atoms with Crippen LogP contribution in [0.4, 0.5) is 5.69 Å². The summed E-state index contributed by atoms with van der Waals surface area (Å²) in [4.78, 5) is 10.3. The van der Waals surface area contributed by atoms with Crippen molar-refractivity contribution in [3.05, 3.63) is 92.2 Å². The molecule has 27 heavy (non-hydrogen) atoms. The summed E-state index contributed by atoms with van der Waals surface area (Å²) < 4.78 is 2.09. The Bertz CT molecular complexity index is 1070. The van der Waals surface area contributed by atoms with Crippen molar-refractivity contribution in [2.75, 3.05) is 0 Å². The molecule has 0 aliphatic carbocycles. The highest BCUT2D eigenvalue weighted by Gasteiger charge is 2.12. The maximum absolute atomic E-state index is 10.8. The minimum absolute atomic E-state index is 0.00282. The zero-order valence-electron chi connectivity index (χ0n) is 14.8. The Balaban J connectivity index is 2.03. The predicted octanol–water partition coefficient (Wildman–Crippen LogP) is 5.72. The van der Waals surface area contributed by atoms with Crippen molar-refractivity contribution >= 4 is 28.9 Å². The van der Waals surface area contributed by atoms with Gasteiger partial charge in [0.25, 0.3) is 5.69 Å². The van der Waals surface area contributed by atoms with Crippen LogP contribution in [0.15, 0.2) is 54.6 Å². The van der Waals surface area contributed by atoms with Crippen LogP contribution in [-0.2, 0) is 0 Å². The largest absolute Gasteiger partial charge is 0.318 e. The lowest BCUT2D eigenvalue weighted by Gasteiger charge is -2.09. The van der Waals surface area contributed by atoms with Crippen LogP contribution in [-0.4, -0.2) is 9.49 Å². The van der Waals surface area contributed by atoms with Gasteiger partial charge in [-0.3, -0.25) is 10.1 Å². The molecular formula is C21H16ClN3O2. The van der Waals surface area contributed by atoms with E-state index >= 15 is 0 Å².